The fourth-order valence-electron chi connectivity index (χ4n) is 10.9. The van der Waals surface area contributed by atoms with Gasteiger partial charge in [-0.2, -0.15) is 0 Å². The number of esters is 1. The number of carbonyl (C=O) groups excluding carboxylic acids is 4. The Bertz CT molecular complexity index is 2530. The molecule has 13 nitrogen and oxygen atoms in total. The highest BCUT2D eigenvalue weighted by Gasteiger charge is 2.62. The number of pyridine rings is 1. The summed E-state index contributed by atoms with van der Waals surface area (Å²) in [6, 6.07) is 10.8. The lowest BCUT2D eigenvalue weighted by Crippen LogP contribution is -2.47. The van der Waals surface area contributed by atoms with Gasteiger partial charge >= 0.3 is 5.97 Å². The van der Waals surface area contributed by atoms with Crippen LogP contribution < -0.4 is 18.9 Å². The summed E-state index contributed by atoms with van der Waals surface area (Å²) in [5.41, 5.74) is -0.428. The molecule has 6 aliphatic rings. The number of benzene rings is 2. The van der Waals surface area contributed by atoms with Gasteiger partial charge in [0.1, 0.15) is 18.0 Å². The number of fused-ring (bicyclic) bond motifs is 4. The van der Waals surface area contributed by atoms with Crippen LogP contribution in [0.3, 0.4) is 0 Å². The predicted molar refractivity (Wildman–Crippen MR) is 244 cm³/mol. The first kappa shape index (κ1) is 46.1. The number of amides is 2. The van der Waals surface area contributed by atoms with Crippen molar-refractivity contribution in [2.45, 2.75) is 134 Å². The molecule has 4 aliphatic carbocycles. The number of hydrogen-bond acceptors (Lipinski definition) is 11. The number of rotatable bonds is 12. The maximum Gasteiger partial charge on any atom is 0.306 e. The first-order valence-electron chi connectivity index (χ1n) is 23.9. The first-order valence-corrected chi connectivity index (χ1v) is 25.4. The van der Waals surface area contributed by atoms with Crippen LogP contribution in [0.5, 0.6) is 17.4 Å². The van der Waals surface area contributed by atoms with Gasteiger partial charge in [-0.15, -0.1) is 0 Å². The zero-order chi connectivity index (χ0) is 46.7. The van der Waals surface area contributed by atoms with Crippen LogP contribution in [0.25, 0.3) is 22.0 Å². The Morgan fingerprint density at radius 2 is 1.74 bits per heavy atom. The van der Waals surface area contributed by atoms with Crippen molar-refractivity contribution in [2.75, 3.05) is 13.7 Å². The summed E-state index contributed by atoms with van der Waals surface area (Å²) in [5, 5.41) is 0.687. The van der Waals surface area contributed by atoms with E-state index in [0.29, 0.717) is 71.7 Å². The van der Waals surface area contributed by atoms with Crippen molar-refractivity contribution in [3.63, 3.8) is 0 Å². The second-order valence-electron chi connectivity index (χ2n) is 20.5. The molecule has 1 N–H and O–H groups in total. The number of sulfonamides is 1. The zero-order valence-corrected chi connectivity index (χ0v) is 39.3. The topological polar surface area (TPSA) is 167 Å². The quantitative estimate of drug-likeness (QED) is 0.138. The standard InChI is InChI=1S/C51H62FN3O10S/c1-28(2)63-46-15-10-31(21-42(46)52)43-22-34-20-36(62-5)11-14-40(34)48(53-43)65-38-23-44-45(56)26-51(50(59)54-66(60,61)39-12-13-39)25-35(51)9-7-6-8-29(3)16-30(4)41(49(58)55(44)27-38)24-47(57)64-37-18-32-17-33(32)19-37/h7,9-11,14-15,20-22,28-30,32-33,35,37-39,41,44H,6,8,12-13,16-19,23-27H2,1-5H3,(H,54,59)/b9-7-/t29-,30+,32-,33+,35+,37?,38+,41-,44-,51+/m0/s1. The van der Waals surface area contributed by atoms with Gasteiger partial charge in [-0.1, -0.05) is 26.0 Å². The number of ketones is 1. The van der Waals surface area contributed by atoms with E-state index < -0.39 is 56.4 Å². The summed E-state index contributed by atoms with van der Waals surface area (Å²) in [4.78, 5) is 64.4. The van der Waals surface area contributed by atoms with Gasteiger partial charge < -0.3 is 23.8 Å². The molecular formula is C51H62FN3O10S. The van der Waals surface area contributed by atoms with Crippen LogP contribution in [0.2, 0.25) is 0 Å². The Balaban J connectivity index is 1.05. The molecular weight excluding hydrogens is 866 g/mol. The third kappa shape index (κ3) is 9.82. The Kier molecular flexibility index (Phi) is 12.7. The fourth-order valence-corrected chi connectivity index (χ4v) is 12.3. The van der Waals surface area contributed by atoms with Gasteiger partial charge in [0, 0.05) is 23.8 Å². The van der Waals surface area contributed by atoms with E-state index in [1.165, 1.54) is 17.4 Å². The number of halogens is 1. The van der Waals surface area contributed by atoms with Crippen LogP contribution in [0.15, 0.2) is 54.6 Å². The van der Waals surface area contributed by atoms with E-state index in [0.717, 1.165) is 19.3 Å². The largest absolute Gasteiger partial charge is 0.497 e. The highest BCUT2D eigenvalue weighted by molar-refractivity contribution is 7.90. The molecule has 66 heavy (non-hydrogen) atoms. The molecule has 2 aliphatic heterocycles. The zero-order valence-electron chi connectivity index (χ0n) is 38.5. The summed E-state index contributed by atoms with van der Waals surface area (Å²) in [6.45, 7) is 7.72. The summed E-state index contributed by atoms with van der Waals surface area (Å²) in [6.07, 6.45) is 8.71. The molecule has 0 radical (unpaired) electrons. The van der Waals surface area contributed by atoms with Crippen LogP contribution in [0, 0.1) is 46.7 Å². The highest BCUT2D eigenvalue weighted by Crippen LogP contribution is 2.57. The van der Waals surface area contributed by atoms with E-state index in [9.17, 15) is 22.8 Å². The second-order valence-corrected chi connectivity index (χ2v) is 22.4. The van der Waals surface area contributed by atoms with Crippen molar-refractivity contribution in [1.29, 1.82) is 0 Å². The van der Waals surface area contributed by atoms with Crippen LogP contribution >= 0.6 is 0 Å². The Morgan fingerprint density at radius 1 is 0.970 bits per heavy atom. The fraction of sp³-hybridized carbons (Fsp3) is 0.588. The van der Waals surface area contributed by atoms with Crippen LogP contribution in [-0.4, -0.2) is 85.1 Å². The van der Waals surface area contributed by atoms with Crippen LogP contribution in [0.1, 0.15) is 105 Å². The normalized spacial score (nSPS) is 31.5. The monoisotopic (exact) mass is 927 g/mol. The summed E-state index contributed by atoms with van der Waals surface area (Å²) < 4.78 is 67.8. The van der Waals surface area contributed by atoms with E-state index in [-0.39, 0.29) is 79.1 Å². The van der Waals surface area contributed by atoms with Crippen molar-refractivity contribution in [1.82, 2.24) is 14.6 Å². The number of nitrogens with one attached hydrogen (secondary N) is 1. The molecule has 9 rings (SSSR count). The average Bonchev–Trinajstić information content (AvgIpc) is 4.23. The van der Waals surface area contributed by atoms with Crippen molar-refractivity contribution in [3.05, 3.63) is 60.4 Å². The summed E-state index contributed by atoms with van der Waals surface area (Å²) in [7, 11) is -2.35. The smallest absolute Gasteiger partial charge is 0.306 e. The summed E-state index contributed by atoms with van der Waals surface area (Å²) in [5.74, 6) is -1.54. The van der Waals surface area contributed by atoms with Gasteiger partial charge in [-0.05, 0) is 149 Å². The van der Waals surface area contributed by atoms with Crippen molar-refractivity contribution >= 4 is 44.4 Å². The van der Waals surface area contributed by atoms with Crippen molar-refractivity contribution < 1.29 is 50.9 Å². The maximum absolute atomic E-state index is 15.4. The molecule has 10 atom stereocenters. The minimum Gasteiger partial charge on any atom is -0.497 e. The van der Waals surface area contributed by atoms with E-state index in [2.05, 4.69) is 11.6 Å². The van der Waals surface area contributed by atoms with Gasteiger partial charge in [0.2, 0.25) is 27.7 Å². The first-order chi connectivity index (χ1) is 31.5. The molecule has 1 aromatic heterocycles. The lowest BCUT2D eigenvalue weighted by Gasteiger charge is -2.32. The second kappa shape index (κ2) is 18.2. The van der Waals surface area contributed by atoms with Gasteiger partial charge in [-0.3, -0.25) is 23.9 Å². The Hall–Kier alpha value is -5.05. The van der Waals surface area contributed by atoms with Gasteiger partial charge in [0.25, 0.3) is 0 Å². The molecule has 15 heteroatoms. The third-order valence-corrected chi connectivity index (χ3v) is 16.7. The maximum atomic E-state index is 15.4. The van der Waals surface area contributed by atoms with Crippen LogP contribution in [0.4, 0.5) is 4.39 Å². The Morgan fingerprint density at radius 3 is 2.45 bits per heavy atom. The minimum absolute atomic E-state index is 0.0208. The molecule has 1 saturated heterocycles. The van der Waals surface area contributed by atoms with Gasteiger partial charge in [0.05, 0.1) is 54.5 Å². The average molecular weight is 928 g/mol. The van der Waals surface area contributed by atoms with E-state index in [4.69, 9.17) is 23.9 Å². The molecule has 3 aromatic rings. The lowest BCUT2D eigenvalue weighted by atomic mass is 9.82. The van der Waals surface area contributed by atoms with E-state index in [1.807, 2.05) is 51.1 Å². The SMILES string of the molecule is COc1ccc2c(O[C@@H]3C[C@H]4C(=O)C[C@]5(C(=O)NS(=O)(=O)C6CC6)C[C@H]5/C=C\CC[C@H](C)C[C@@H](C)[C@H](CC(=O)OC5C[C@@H]6C[C@@H]6C5)C(=O)N4C3)nc(-c3ccc(OC(C)C)c(F)c3)cc2c1. The molecule has 2 amide bonds. The van der Waals surface area contributed by atoms with Crippen molar-refractivity contribution in [3.8, 4) is 28.6 Å². The number of hydrogen-bond donors (Lipinski definition) is 1. The van der Waals surface area contributed by atoms with Crippen LogP contribution in [-0.2, 0) is 33.9 Å². The molecule has 1 unspecified atom stereocenters. The number of ether oxygens (including phenoxy) is 4. The molecule has 4 saturated carbocycles. The van der Waals surface area contributed by atoms with Gasteiger partial charge in [0.15, 0.2) is 17.3 Å². The van der Waals surface area contributed by atoms with E-state index >= 15 is 9.18 Å². The molecule has 0 spiro atoms. The minimum atomic E-state index is -3.90. The van der Waals surface area contributed by atoms with Crippen molar-refractivity contribution in [2.24, 2.45) is 40.9 Å². The third-order valence-electron chi connectivity index (χ3n) is 14.9. The molecule has 5 fully saturated rings. The number of carbonyl (C=O) groups is 4. The van der Waals surface area contributed by atoms with E-state index in [1.54, 1.807) is 25.3 Å². The summed E-state index contributed by atoms with van der Waals surface area (Å²) >= 11 is 0. The highest BCUT2D eigenvalue weighted by atomic mass is 32.2. The molecule has 0 bridgehead atoms. The predicted octanol–water partition coefficient (Wildman–Crippen LogP) is 8.12. The number of nitrogens with zero attached hydrogens (tertiary/aromatic N) is 2. The molecule has 354 valence electrons. The van der Waals surface area contributed by atoms with Gasteiger partial charge in [-0.25, -0.2) is 17.8 Å². The number of allylic oxidation sites excluding steroid dienone is 2. The number of Topliss-reactive ketones (excluding diaryl/α,β-unsaturated/α-hetero) is 1. The number of methoxy groups -OCH3 is 1. The molecule has 2 aromatic carbocycles. The lowest BCUT2D eigenvalue weighted by molar-refractivity contribution is -0.155. The Labute approximate surface area is 386 Å². The molecule has 3 heterocycles. The number of aromatic nitrogens is 1.